The Bertz CT molecular complexity index is 163. The first-order valence-electron chi connectivity index (χ1n) is 4.05. The maximum Gasteiger partial charge on any atom is 0.148 e. The lowest BCUT2D eigenvalue weighted by Gasteiger charge is -2.18. The van der Waals surface area contributed by atoms with Crippen LogP contribution in [0.5, 0.6) is 0 Å². The van der Waals surface area contributed by atoms with Gasteiger partial charge in [0.1, 0.15) is 5.78 Å². The van der Waals surface area contributed by atoms with Gasteiger partial charge < -0.3 is 0 Å². The molecule has 2 fully saturated rings. The van der Waals surface area contributed by atoms with Crippen LogP contribution in [0.3, 0.4) is 0 Å². The average molecular weight is 139 g/mol. The van der Waals surface area contributed by atoms with Crippen LogP contribution in [0.4, 0.5) is 0 Å². The fraction of sp³-hybridized carbons (Fsp3) is 0.875. The molecule has 0 amide bonds. The van der Waals surface area contributed by atoms with Crippen molar-refractivity contribution in [2.75, 3.05) is 6.54 Å². The van der Waals surface area contributed by atoms with Gasteiger partial charge in [0, 0.05) is 18.5 Å². The SMILES string of the molecule is C[C@H]1CC(=O)CN1C1CC1. The summed E-state index contributed by atoms with van der Waals surface area (Å²) in [7, 11) is 0. The van der Waals surface area contributed by atoms with Crippen molar-refractivity contribution < 1.29 is 4.79 Å². The summed E-state index contributed by atoms with van der Waals surface area (Å²) >= 11 is 0. The Labute approximate surface area is 61.2 Å². The van der Waals surface area contributed by atoms with Crippen LogP contribution in [0.2, 0.25) is 0 Å². The molecule has 2 aliphatic rings. The van der Waals surface area contributed by atoms with E-state index in [0.717, 1.165) is 19.0 Å². The lowest BCUT2D eigenvalue weighted by atomic mass is 10.2. The topological polar surface area (TPSA) is 20.3 Å². The molecule has 1 atom stereocenters. The zero-order valence-electron chi connectivity index (χ0n) is 6.34. The molecule has 0 aromatic heterocycles. The Hall–Kier alpha value is -0.370. The summed E-state index contributed by atoms with van der Waals surface area (Å²) < 4.78 is 0. The van der Waals surface area contributed by atoms with Gasteiger partial charge >= 0.3 is 0 Å². The van der Waals surface area contributed by atoms with E-state index in [1.54, 1.807) is 0 Å². The lowest BCUT2D eigenvalue weighted by Crippen LogP contribution is -2.29. The van der Waals surface area contributed by atoms with E-state index in [9.17, 15) is 4.79 Å². The largest absolute Gasteiger partial charge is 0.298 e. The molecule has 1 aliphatic heterocycles. The zero-order valence-corrected chi connectivity index (χ0v) is 6.34. The molecule has 0 spiro atoms. The highest BCUT2D eigenvalue weighted by molar-refractivity contribution is 5.83. The molecule has 0 aromatic carbocycles. The molecule has 2 nitrogen and oxygen atoms in total. The highest BCUT2D eigenvalue weighted by Gasteiger charge is 2.37. The number of Topliss-reactive ketones (excluding diaryl/α,β-unsaturated/α-hetero) is 1. The first kappa shape index (κ1) is 6.35. The number of nitrogens with zero attached hydrogens (tertiary/aromatic N) is 1. The van der Waals surface area contributed by atoms with Crippen LogP contribution in [-0.4, -0.2) is 29.3 Å². The van der Waals surface area contributed by atoms with E-state index in [-0.39, 0.29) is 0 Å². The van der Waals surface area contributed by atoms with Crippen molar-refractivity contribution in [3.05, 3.63) is 0 Å². The normalized spacial score (nSPS) is 35.3. The van der Waals surface area contributed by atoms with Gasteiger partial charge in [-0.15, -0.1) is 0 Å². The molecule has 0 radical (unpaired) electrons. The second kappa shape index (κ2) is 2.06. The molecule has 10 heavy (non-hydrogen) atoms. The van der Waals surface area contributed by atoms with E-state index in [2.05, 4.69) is 11.8 Å². The second-order valence-electron chi connectivity index (χ2n) is 3.50. The molecule has 0 bridgehead atoms. The predicted octanol–water partition coefficient (Wildman–Crippen LogP) is 0.812. The first-order valence-corrected chi connectivity index (χ1v) is 4.05. The monoisotopic (exact) mass is 139 g/mol. The van der Waals surface area contributed by atoms with Gasteiger partial charge in [0.25, 0.3) is 0 Å². The number of hydrogen-bond acceptors (Lipinski definition) is 2. The van der Waals surface area contributed by atoms with Crippen molar-refractivity contribution in [1.29, 1.82) is 0 Å². The highest BCUT2D eigenvalue weighted by Crippen LogP contribution is 2.31. The van der Waals surface area contributed by atoms with Gasteiger partial charge in [0.2, 0.25) is 0 Å². The molecule has 1 saturated carbocycles. The highest BCUT2D eigenvalue weighted by atomic mass is 16.1. The van der Waals surface area contributed by atoms with Gasteiger partial charge in [-0.2, -0.15) is 0 Å². The third-order valence-corrected chi connectivity index (χ3v) is 2.46. The van der Waals surface area contributed by atoms with Crippen molar-refractivity contribution >= 4 is 5.78 Å². The van der Waals surface area contributed by atoms with Gasteiger partial charge in [-0.05, 0) is 19.8 Å². The van der Waals surface area contributed by atoms with E-state index >= 15 is 0 Å². The molecule has 0 N–H and O–H groups in total. The van der Waals surface area contributed by atoms with Crippen molar-refractivity contribution in [2.45, 2.75) is 38.3 Å². The van der Waals surface area contributed by atoms with Crippen LogP contribution >= 0.6 is 0 Å². The molecule has 2 rings (SSSR count). The van der Waals surface area contributed by atoms with Crippen LogP contribution in [-0.2, 0) is 4.79 Å². The molecule has 1 saturated heterocycles. The lowest BCUT2D eigenvalue weighted by molar-refractivity contribution is -0.117. The minimum absolute atomic E-state index is 0.430. The molecule has 0 aromatic rings. The summed E-state index contributed by atoms with van der Waals surface area (Å²) in [6.07, 6.45) is 3.42. The predicted molar refractivity (Wildman–Crippen MR) is 38.8 cm³/mol. The van der Waals surface area contributed by atoms with Crippen molar-refractivity contribution in [2.24, 2.45) is 0 Å². The summed E-state index contributed by atoms with van der Waals surface area (Å²) in [5, 5.41) is 0. The first-order chi connectivity index (χ1) is 4.77. The summed E-state index contributed by atoms with van der Waals surface area (Å²) in [5.74, 6) is 0.430. The molecule has 1 aliphatic carbocycles. The zero-order chi connectivity index (χ0) is 7.14. The van der Waals surface area contributed by atoms with Crippen LogP contribution in [0.25, 0.3) is 0 Å². The average Bonchev–Trinajstić information content (AvgIpc) is 2.61. The van der Waals surface area contributed by atoms with E-state index in [4.69, 9.17) is 0 Å². The van der Waals surface area contributed by atoms with Crippen LogP contribution in [0.15, 0.2) is 0 Å². The minimum atomic E-state index is 0.430. The summed E-state index contributed by atoms with van der Waals surface area (Å²) in [6.45, 7) is 2.88. The molecule has 2 heteroatoms. The molecule has 0 unspecified atom stereocenters. The van der Waals surface area contributed by atoms with E-state index in [0.29, 0.717) is 11.8 Å². The molecule has 56 valence electrons. The van der Waals surface area contributed by atoms with Crippen LogP contribution in [0, 0.1) is 0 Å². The maximum absolute atomic E-state index is 11.0. The Morgan fingerprint density at radius 1 is 1.50 bits per heavy atom. The fourth-order valence-electron chi connectivity index (χ4n) is 1.77. The molecule has 1 heterocycles. The van der Waals surface area contributed by atoms with Crippen LogP contribution < -0.4 is 0 Å². The minimum Gasteiger partial charge on any atom is -0.298 e. The summed E-state index contributed by atoms with van der Waals surface area (Å²) in [4.78, 5) is 13.3. The summed E-state index contributed by atoms with van der Waals surface area (Å²) in [5.41, 5.74) is 0. The van der Waals surface area contributed by atoms with Crippen molar-refractivity contribution in [3.8, 4) is 0 Å². The number of ketones is 1. The number of carbonyl (C=O) groups is 1. The Kier molecular flexibility index (Phi) is 1.31. The van der Waals surface area contributed by atoms with Gasteiger partial charge in [0.05, 0.1) is 6.54 Å². The number of likely N-dealkylation sites (tertiary alicyclic amines) is 1. The molecular weight excluding hydrogens is 126 g/mol. The smallest absolute Gasteiger partial charge is 0.148 e. The standard InChI is InChI=1S/C8H13NO/c1-6-4-8(10)5-9(6)7-2-3-7/h6-7H,2-5H2,1H3/t6-/m0/s1. The van der Waals surface area contributed by atoms with Crippen LogP contribution in [0.1, 0.15) is 26.2 Å². The van der Waals surface area contributed by atoms with E-state index < -0.39 is 0 Å². The number of rotatable bonds is 1. The number of hydrogen-bond donors (Lipinski definition) is 0. The second-order valence-corrected chi connectivity index (χ2v) is 3.50. The van der Waals surface area contributed by atoms with Gasteiger partial charge in [-0.25, -0.2) is 0 Å². The maximum atomic E-state index is 11.0. The third kappa shape index (κ3) is 0.966. The quantitative estimate of drug-likeness (QED) is 0.536. The van der Waals surface area contributed by atoms with Crippen molar-refractivity contribution in [3.63, 3.8) is 0 Å². The number of carbonyl (C=O) groups excluding carboxylic acids is 1. The van der Waals surface area contributed by atoms with Crippen molar-refractivity contribution in [1.82, 2.24) is 4.90 Å². The fourth-order valence-corrected chi connectivity index (χ4v) is 1.77. The summed E-state index contributed by atoms with van der Waals surface area (Å²) in [6, 6.07) is 1.29. The van der Waals surface area contributed by atoms with Gasteiger partial charge in [-0.3, -0.25) is 9.69 Å². The van der Waals surface area contributed by atoms with E-state index in [1.165, 1.54) is 12.8 Å². The molecular formula is C8H13NO. The Morgan fingerprint density at radius 3 is 2.60 bits per heavy atom. The Balaban J connectivity index is 2.01. The van der Waals surface area contributed by atoms with Gasteiger partial charge in [-0.1, -0.05) is 0 Å². The van der Waals surface area contributed by atoms with E-state index in [1.807, 2.05) is 0 Å². The van der Waals surface area contributed by atoms with Gasteiger partial charge in [0.15, 0.2) is 0 Å². The Morgan fingerprint density at radius 2 is 2.20 bits per heavy atom. The third-order valence-electron chi connectivity index (χ3n) is 2.46.